The number of rotatable bonds is 3. The predicted molar refractivity (Wildman–Crippen MR) is 85.7 cm³/mol. The Morgan fingerprint density at radius 1 is 1.17 bits per heavy atom. The second-order valence-electron chi connectivity index (χ2n) is 5.67. The second kappa shape index (κ2) is 5.39. The Morgan fingerprint density at radius 2 is 2.00 bits per heavy atom. The summed E-state index contributed by atoms with van der Waals surface area (Å²) in [5.41, 5.74) is 1.88. The number of benzene rings is 1. The van der Waals surface area contributed by atoms with E-state index in [0.717, 1.165) is 25.2 Å². The number of carbonyl (C=O) groups is 1. The molecule has 1 atom stereocenters. The first-order chi connectivity index (χ1) is 11.2. The minimum Gasteiger partial charge on any atom is -0.476 e. The van der Waals surface area contributed by atoms with Crippen molar-refractivity contribution < 1.29 is 9.90 Å². The molecular weight excluding hydrogens is 292 g/mol. The molecule has 0 aliphatic carbocycles. The summed E-state index contributed by atoms with van der Waals surface area (Å²) in [5, 5.41) is 13.8. The van der Waals surface area contributed by atoms with E-state index in [1.807, 2.05) is 30.3 Å². The van der Waals surface area contributed by atoms with E-state index in [-0.39, 0.29) is 11.7 Å². The molecule has 6 heteroatoms. The molecule has 23 heavy (non-hydrogen) atoms. The zero-order chi connectivity index (χ0) is 15.8. The molecule has 2 aromatic heterocycles. The number of nitrogens with zero attached hydrogens (tertiary/aromatic N) is 4. The predicted octanol–water partition coefficient (Wildman–Crippen LogP) is 2.77. The molecule has 1 aromatic carbocycles. The summed E-state index contributed by atoms with van der Waals surface area (Å²) >= 11 is 0. The minimum absolute atomic E-state index is 0.0808. The van der Waals surface area contributed by atoms with Crippen LogP contribution in [-0.4, -0.2) is 32.2 Å². The minimum atomic E-state index is -1.02. The highest BCUT2D eigenvalue weighted by Crippen LogP contribution is 2.35. The summed E-state index contributed by atoms with van der Waals surface area (Å²) in [6.45, 7) is 0.912. The van der Waals surface area contributed by atoms with Gasteiger partial charge in [-0.3, -0.25) is 0 Å². The molecule has 3 aromatic rings. The van der Waals surface area contributed by atoms with Crippen LogP contribution in [-0.2, 0) is 0 Å². The molecule has 116 valence electrons. The van der Waals surface area contributed by atoms with E-state index < -0.39 is 5.97 Å². The first-order valence-electron chi connectivity index (χ1n) is 7.64. The normalized spacial score (nSPS) is 17.7. The largest absolute Gasteiger partial charge is 0.476 e. The Morgan fingerprint density at radius 3 is 2.78 bits per heavy atom. The highest BCUT2D eigenvalue weighted by atomic mass is 16.4. The van der Waals surface area contributed by atoms with Crippen LogP contribution in [0.15, 0.2) is 48.7 Å². The van der Waals surface area contributed by atoms with Crippen LogP contribution in [0.2, 0.25) is 0 Å². The van der Waals surface area contributed by atoms with Crippen molar-refractivity contribution in [2.75, 3.05) is 11.4 Å². The lowest BCUT2D eigenvalue weighted by atomic mass is 10.0. The van der Waals surface area contributed by atoms with Gasteiger partial charge in [0.1, 0.15) is 5.82 Å². The third-order valence-corrected chi connectivity index (χ3v) is 4.30. The summed E-state index contributed by atoms with van der Waals surface area (Å²) < 4.78 is 1.40. The Hall–Kier alpha value is -2.89. The van der Waals surface area contributed by atoms with Gasteiger partial charge >= 0.3 is 5.97 Å². The van der Waals surface area contributed by atoms with Gasteiger partial charge in [0, 0.05) is 6.54 Å². The van der Waals surface area contributed by atoms with Crippen LogP contribution in [0, 0.1) is 0 Å². The molecule has 0 bridgehead atoms. The van der Waals surface area contributed by atoms with Crippen LogP contribution in [0.1, 0.15) is 34.9 Å². The van der Waals surface area contributed by atoms with E-state index >= 15 is 0 Å². The van der Waals surface area contributed by atoms with Crippen molar-refractivity contribution in [3.8, 4) is 0 Å². The van der Waals surface area contributed by atoms with Crippen LogP contribution in [0.5, 0.6) is 0 Å². The van der Waals surface area contributed by atoms with Crippen LogP contribution in [0.4, 0.5) is 5.82 Å². The lowest BCUT2D eigenvalue weighted by Crippen LogP contribution is -2.24. The fraction of sp³-hybridized carbons (Fsp3) is 0.235. The first-order valence-corrected chi connectivity index (χ1v) is 7.64. The van der Waals surface area contributed by atoms with Crippen LogP contribution < -0.4 is 4.90 Å². The SMILES string of the molecule is O=C(O)c1cnc2ccc(N3CCCC3c3ccccc3)nn12. The van der Waals surface area contributed by atoms with Gasteiger partial charge < -0.3 is 10.0 Å². The van der Waals surface area contributed by atoms with Gasteiger partial charge in [0.25, 0.3) is 0 Å². The smallest absolute Gasteiger partial charge is 0.356 e. The van der Waals surface area contributed by atoms with Gasteiger partial charge in [0.05, 0.1) is 12.2 Å². The van der Waals surface area contributed by atoms with Crippen molar-refractivity contribution in [1.82, 2.24) is 14.6 Å². The molecule has 1 aliphatic rings. The van der Waals surface area contributed by atoms with Crippen LogP contribution >= 0.6 is 0 Å². The van der Waals surface area contributed by atoms with E-state index in [0.29, 0.717) is 5.65 Å². The number of anilines is 1. The average Bonchev–Trinajstić information content (AvgIpc) is 3.22. The number of fused-ring (bicyclic) bond motifs is 1. The van der Waals surface area contributed by atoms with Gasteiger partial charge in [-0.1, -0.05) is 30.3 Å². The molecule has 0 radical (unpaired) electrons. The topological polar surface area (TPSA) is 70.7 Å². The lowest BCUT2D eigenvalue weighted by molar-refractivity contribution is 0.0688. The molecule has 1 fully saturated rings. The fourth-order valence-corrected chi connectivity index (χ4v) is 3.23. The molecule has 6 nitrogen and oxygen atoms in total. The van der Waals surface area contributed by atoms with Crippen molar-refractivity contribution >= 4 is 17.4 Å². The molecule has 3 heterocycles. The molecule has 0 amide bonds. The zero-order valence-electron chi connectivity index (χ0n) is 12.5. The number of hydrogen-bond acceptors (Lipinski definition) is 4. The molecule has 1 unspecified atom stereocenters. The van der Waals surface area contributed by atoms with Gasteiger partial charge in [-0.15, -0.1) is 5.10 Å². The van der Waals surface area contributed by atoms with E-state index in [2.05, 4.69) is 27.1 Å². The average molecular weight is 308 g/mol. The maximum atomic E-state index is 11.3. The molecule has 1 aliphatic heterocycles. The Labute approximate surface area is 133 Å². The van der Waals surface area contributed by atoms with Crippen molar-refractivity contribution in [3.05, 3.63) is 59.9 Å². The van der Waals surface area contributed by atoms with Gasteiger partial charge in [0.15, 0.2) is 11.3 Å². The summed E-state index contributed by atoms with van der Waals surface area (Å²) in [6.07, 6.45) is 3.50. The van der Waals surface area contributed by atoms with Crippen LogP contribution in [0.25, 0.3) is 5.65 Å². The number of carboxylic acid groups (broad SMARTS) is 1. The Kier molecular flexibility index (Phi) is 3.22. The van der Waals surface area contributed by atoms with Gasteiger partial charge in [-0.25, -0.2) is 14.3 Å². The van der Waals surface area contributed by atoms with Crippen molar-refractivity contribution in [2.45, 2.75) is 18.9 Å². The molecule has 4 rings (SSSR count). The quantitative estimate of drug-likeness (QED) is 0.805. The number of aromatic carboxylic acids is 1. The monoisotopic (exact) mass is 308 g/mol. The first kappa shape index (κ1) is 13.8. The second-order valence-corrected chi connectivity index (χ2v) is 5.67. The maximum absolute atomic E-state index is 11.3. The van der Waals surface area contributed by atoms with Crippen molar-refractivity contribution in [2.24, 2.45) is 0 Å². The van der Waals surface area contributed by atoms with E-state index in [9.17, 15) is 9.90 Å². The number of carboxylic acids is 1. The van der Waals surface area contributed by atoms with Gasteiger partial charge in [-0.05, 0) is 30.5 Å². The molecule has 1 saturated heterocycles. The summed E-state index contributed by atoms with van der Waals surface area (Å²) in [4.78, 5) is 17.6. The number of imidazole rings is 1. The van der Waals surface area contributed by atoms with E-state index in [1.165, 1.54) is 16.3 Å². The highest BCUT2D eigenvalue weighted by molar-refractivity contribution is 5.86. The zero-order valence-corrected chi connectivity index (χ0v) is 12.5. The Balaban J connectivity index is 1.76. The lowest BCUT2D eigenvalue weighted by Gasteiger charge is -2.26. The van der Waals surface area contributed by atoms with E-state index in [1.54, 1.807) is 0 Å². The fourth-order valence-electron chi connectivity index (χ4n) is 3.23. The standard InChI is InChI=1S/C17H16N4O2/c22-17(23)14-11-18-15-8-9-16(19-21(14)15)20-10-4-7-13(20)12-5-2-1-3-6-12/h1-3,5-6,8-9,11,13H,4,7,10H2,(H,22,23). The molecule has 1 N–H and O–H groups in total. The summed E-state index contributed by atoms with van der Waals surface area (Å²) in [6, 6.07) is 14.4. The third kappa shape index (κ3) is 2.32. The number of hydrogen-bond donors (Lipinski definition) is 1. The van der Waals surface area contributed by atoms with Crippen LogP contribution in [0.3, 0.4) is 0 Å². The van der Waals surface area contributed by atoms with Gasteiger partial charge in [0.2, 0.25) is 0 Å². The van der Waals surface area contributed by atoms with Crippen molar-refractivity contribution in [3.63, 3.8) is 0 Å². The summed E-state index contributed by atoms with van der Waals surface area (Å²) in [7, 11) is 0. The Bertz CT molecular complexity index is 859. The van der Waals surface area contributed by atoms with E-state index in [4.69, 9.17) is 0 Å². The highest BCUT2D eigenvalue weighted by Gasteiger charge is 2.27. The number of aromatic nitrogens is 3. The maximum Gasteiger partial charge on any atom is 0.356 e. The van der Waals surface area contributed by atoms with Gasteiger partial charge in [-0.2, -0.15) is 0 Å². The molecule has 0 spiro atoms. The molecular formula is C17H16N4O2. The van der Waals surface area contributed by atoms with Crippen molar-refractivity contribution in [1.29, 1.82) is 0 Å². The molecule has 0 saturated carbocycles. The third-order valence-electron chi connectivity index (χ3n) is 4.30. The summed E-state index contributed by atoms with van der Waals surface area (Å²) in [5.74, 6) is -0.243.